The van der Waals surface area contributed by atoms with Crippen LogP contribution in [0.2, 0.25) is 5.02 Å². The SMILES string of the molecule is NC(=O)c1cnc(NC2CCN(C(=O)c3ccccc3F)CC2)c(Cl)c1. The fourth-order valence-corrected chi connectivity index (χ4v) is 3.13. The highest BCUT2D eigenvalue weighted by atomic mass is 35.5. The molecule has 0 radical (unpaired) electrons. The molecule has 1 aromatic carbocycles. The monoisotopic (exact) mass is 376 g/mol. The summed E-state index contributed by atoms with van der Waals surface area (Å²) in [5, 5.41) is 3.53. The smallest absolute Gasteiger partial charge is 0.256 e. The molecule has 3 rings (SSSR count). The summed E-state index contributed by atoms with van der Waals surface area (Å²) in [6.07, 6.45) is 2.72. The molecule has 0 unspecified atom stereocenters. The molecule has 8 heteroatoms. The predicted octanol–water partition coefficient (Wildman–Crippen LogP) is 2.69. The zero-order valence-electron chi connectivity index (χ0n) is 13.9. The zero-order valence-corrected chi connectivity index (χ0v) is 14.7. The number of hydrogen-bond donors (Lipinski definition) is 2. The van der Waals surface area contributed by atoms with E-state index in [1.165, 1.54) is 24.4 Å². The van der Waals surface area contributed by atoms with E-state index in [2.05, 4.69) is 10.3 Å². The van der Waals surface area contributed by atoms with Gasteiger partial charge in [0.05, 0.1) is 16.1 Å². The van der Waals surface area contributed by atoms with Crippen LogP contribution in [0.1, 0.15) is 33.6 Å². The van der Waals surface area contributed by atoms with Crippen molar-refractivity contribution in [1.29, 1.82) is 0 Å². The first kappa shape index (κ1) is 18.1. The first-order valence-corrected chi connectivity index (χ1v) is 8.59. The van der Waals surface area contributed by atoms with Crippen LogP contribution in [-0.4, -0.2) is 40.8 Å². The predicted molar refractivity (Wildman–Crippen MR) is 96.7 cm³/mol. The minimum Gasteiger partial charge on any atom is -0.366 e. The van der Waals surface area contributed by atoms with Gasteiger partial charge in [-0.3, -0.25) is 9.59 Å². The molecule has 1 aliphatic heterocycles. The van der Waals surface area contributed by atoms with Gasteiger partial charge in [0.2, 0.25) is 5.91 Å². The molecule has 2 aromatic rings. The third kappa shape index (κ3) is 3.94. The van der Waals surface area contributed by atoms with Gasteiger partial charge in [0.25, 0.3) is 5.91 Å². The number of nitrogens with zero attached hydrogens (tertiary/aromatic N) is 2. The summed E-state index contributed by atoms with van der Waals surface area (Å²) in [4.78, 5) is 29.3. The van der Waals surface area contributed by atoms with E-state index in [4.69, 9.17) is 17.3 Å². The van der Waals surface area contributed by atoms with Crippen molar-refractivity contribution in [1.82, 2.24) is 9.88 Å². The number of halogens is 2. The van der Waals surface area contributed by atoms with E-state index >= 15 is 0 Å². The maximum absolute atomic E-state index is 13.8. The third-order valence-corrected chi connectivity index (χ3v) is 4.64. The minimum absolute atomic E-state index is 0.0732. The Bertz CT molecular complexity index is 838. The molecule has 0 spiro atoms. The largest absolute Gasteiger partial charge is 0.366 e. The summed E-state index contributed by atoms with van der Waals surface area (Å²) >= 11 is 6.13. The van der Waals surface area contributed by atoms with E-state index in [9.17, 15) is 14.0 Å². The summed E-state index contributed by atoms with van der Waals surface area (Å²) in [6.45, 7) is 1.00. The highest BCUT2D eigenvalue weighted by Crippen LogP contribution is 2.24. The van der Waals surface area contributed by atoms with Gasteiger partial charge in [0, 0.05) is 25.3 Å². The average molecular weight is 377 g/mol. The number of likely N-dealkylation sites (tertiary alicyclic amines) is 1. The van der Waals surface area contributed by atoms with Crippen LogP contribution in [0.5, 0.6) is 0 Å². The molecule has 1 saturated heterocycles. The van der Waals surface area contributed by atoms with Crippen molar-refractivity contribution in [2.24, 2.45) is 5.73 Å². The Morgan fingerprint density at radius 1 is 1.27 bits per heavy atom. The van der Waals surface area contributed by atoms with Crippen molar-refractivity contribution >= 4 is 29.2 Å². The molecular weight excluding hydrogens is 359 g/mol. The number of benzene rings is 1. The fraction of sp³-hybridized carbons (Fsp3) is 0.278. The lowest BCUT2D eigenvalue weighted by Gasteiger charge is -2.33. The van der Waals surface area contributed by atoms with E-state index in [-0.39, 0.29) is 23.1 Å². The van der Waals surface area contributed by atoms with Crippen molar-refractivity contribution in [3.63, 3.8) is 0 Å². The zero-order chi connectivity index (χ0) is 18.7. The summed E-state index contributed by atoms with van der Waals surface area (Å²) in [5.74, 6) is -0.937. The van der Waals surface area contributed by atoms with Crippen LogP contribution in [0, 0.1) is 5.82 Å². The van der Waals surface area contributed by atoms with Crippen LogP contribution in [-0.2, 0) is 0 Å². The molecule has 1 aliphatic rings. The maximum Gasteiger partial charge on any atom is 0.256 e. The lowest BCUT2D eigenvalue weighted by molar-refractivity contribution is 0.0713. The number of hydrogen-bond acceptors (Lipinski definition) is 4. The first-order chi connectivity index (χ1) is 12.5. The van der Waals surface area contributed by atoms with Crippen LogP contribution in [0.3, 0.4) is 0 Å². The second kappa shape index (κ2) is 7.70. The van der Waals surface area contributed by atoms with Crippen LogP contribution in [0.4, 0.5) is 10.2 Å². The number of pyridine rings is 1. The average Bonchev–Trinajstić information content (AvgIpc) is 2.63. The van der Waals surface area contributed by atoms with Crippen molar-refractivity contribution in [3.05, 3.63) is 58.5 Å². The number of carbonyl (C=O) groups excluding carboxylic acids is 2. The van der Waals surface area contributed by atoms with E-state index in [1.54, 1.807) is 17.0 Å². The normalized spacial score (nSPS) is 14.9. The van der Waals surface area contributed by atoms with Gasteiger partial charge in [0.15, 0.2) is 0 Å². The second-order valence-electron chi connectivity index (χ2n) is 6.11. The lowest BCUT2D eigenvalue weighted by atomic mass is 10.0. The number of amides is 2. The van der Waals surface area contributed by atoms with E-state index in [1.807, 2.05) is 0 Å². The van der Waals surface area contributed by atoms with Gasteiger partial charge in [-0.05, 0) is 31.0 Å². The quantitative estimate of drug-likeness (QED) is 0.858. The van der Waals surface area contributed by atoms with Crippen LogP contribution in [0.25, 0.3) is 0 Å². The molecule has 2 heterocycles. The Kier molecular flexibility index (Phi) is 5.37. The molecule has 26 heavy (non-hydrogen) atoms. The van der Waals surface area contributed by atoms with Crippen LogP contribution in [0.15, 0.2) is 36.5 Å². The Hall–Kier alpha value is -2.67. The molecular formula is C18H18ClFN4O2. The van der Waals surface area contributed by atoms with Crippen LogP contribution >= 0.6 is 11.6 Å². The molecule has 0 atom stereocenters. The summed E-state index contributed by atoms with van der Waals surface area (Å²) in [7, 11) is 0. The Balaban J connectivity index is 1.60. The number of primary amides is 1. The number of carbonyl (C=O) groups is 2. The molecule has 1 aromatic heterocycles. The summed E-state index contributed by atoms with van der Waals surface area (Å²) in [5.41, 5.74) is 5.53. The van der Waals surface area contributed by atoms with Gasteiger partial charge in [-0.2, -0.15) is 0 Å². The highest BCUT2D eigenvalue weighted by Gasteiger charge is 2.25. The fourth-order valence-electron chi connectivity index (χ4n) is 2.90. The number of aromatic nitrogens is 1. The molecule has 136 valence electrons. The standard InChI is InChI=1S/C18H18ClFN4O2/c19-14-9-11(16(21)25)10-22-17(14)23-12-5-7-24(8-6-12)18(26)13-3-1-2-4-15(13)20/h1-4,9-10,12H,5-8H2,(H2,21,25)(H,22,23). The topological polar surface area (TPSA) is 88.3 Å². The molecule has 1 fully saturated rings. The van der Waals surface area contributed by atoms with Gasteiger partial charge < -0.3 is 16.0 Å². The maximum atomic E-state index is 13.8. The molecule has 0 bridgehead atoms. The number of piperidine rings is 1. The second-order valence-corrected chi connectivity index (χ2v) is 6.52. The van der Waals surface area contributed by atoms with Gasteiger partial charge in [-0.15, -0.1) is 0 Å². The molecule has 2 amide bonds. The third-order valence-electron chi connectivity index (χ3n) is 4.35. The molecule has 6 nitrogen and oxygen atoms in total. The van der Waals surface area contributed by atoms with E-state index in [0.717, 1.165) is 0 Å². The summed E-state index contributed by atoms with van der Waals surface area (Å²) in [6, 6.07) is 7.52. The number of nitrogens with two attached hydrogens (primary N) is 1. The van der Waals surface area contributed by atoms with E-state index < -0.39 is 11.7 Å². The highest BCUT2D eigenvalue weighted by molar-refractivity contribution is 6.33. The lowest BCUT2D eigenvalue weighted by Crippen LogP contribution is -2.42. The van der Waals surface area contributed by atoms with Gasteiger partial charge in [-0.1, -0.05) is 23.7 Å². The van der Waals surface area contributed by atoms with Crippen LogP contribution < -0.4 is 11.1 Å². The van der Waals surface area contributed by atoms with Crippen molar-refractivity contribution in [2.45, 2.75) is 18.9 Å². The Labute approximate surface area is 155 Å². The van der Waals surface area contributed by atoms with Crippen molar-refractivity contribution < 1.29 is 14.0 Å². The van der Waals surface area contributed by atoms with Crippen molar-refractivity contribution in [2.75, 3.05) is 18.4 Å². The number of nitrogens with one attached hydrogen (secondary N) is 1. The molecule has 0 aliphatic carbocycles. The van der Waals surface area contributed by atoms with Gasteiger partial charge >= 0.3 is 0 Å². The van der Waals surface area contributed by atoms with Crippen molar-refractivity contribution in [3.8, 4) is 0 Å². The number of anilines is 1. The Morgan fingerprint density at radius 2 is 1.96 bits per heavy atom. The molecule has 3 N–H and O–H groups in total. The molecule has 0 saturated carbocycles. The summed E-state index contributed by atoms with van der Waals surface area (Å²) < 4.78 is 13.8. The minimum atomic E-state index is -0.592. The Morgan fingerprint density at radius 3 is 2.58 bits per heavy atom. The van der Waals surface area contributed by atoms with Gasteiger partial charge in [0.1, 0.15) is 11.6 Å². The number of rotatable bonds is 4. The first-order valence-electron chi connectivity index (χ1n) is 8.21. The van der Waals surface area contributed by atoms with Gasteiger partial charge in [-0.25, -0.2) is 9.37 Å². The van der Waals surface area contributed by atoms with E-state index in [0.29, 0.717) is 36.8 Å².